The summed E-state index contributed by atoms with van der Waals surface area (Å²) in [6, 6.07) is 0. The van der Waals surface area contributed by atoms with E-state index in [0.717, 1.165) is 36.3 Å². The molecule has 1 aromatic rings. The third-order valence-corrected chi connectivity index (χ3v) is 3.64. The molecule has 1 aromatic heterocycles. The van der Waals surface area contributed by atoms with Gasteiger partial charge in [0.25, 0.3) is 0 Å². The molecule has 0 radical (unpaired) electrons. The minimum Gasteiger partial charge on any atom is -0.340 e. The number of nitrogens with zero attached hydrogens (tertiary/aromatic N) is 4. The molecule has 17 heavy (non-hydrogen) atoms. The predicted molar refractivity (Wildman–Crippen MR) is 67.4 cm³/mol. The lowest BCUT2D eigenvalue weighted by molar-refractivity contribution is -0.130. The van der Waals surface area contributed by atoms with E-state index < -0.39 is 0 Å². The third kappa shape index (κ3) is 3.13. The lowest BCUT2D eigenvalue weighted by atomic mass is 10.3. The van der Waals surface area contributed by atoms with Crippen LogP contribution in [0.2, 0.25) is 0 Å². The van der Waals surface area contributed by atoms with Gasteiger partial charge in [-0.3, -0.25) is 4.79 Å². The molecule has 1 fully saturated rings. The maximum absolute atomic E-state index is 12.0. The van der Waals surface area contributed by atoms with Gasteiger partial charge in [-0.15, -0.1) is 10.2 Å². The number of aryl methyl sites for hydroxylation is 1. The summed E-state index contributed by atoms with van der Waals surface area (Å²) >= 11 is 1.51. The Bertz CT molecular complexity index is 388. The molecule has 1 aliphatic heterocycles. The molecule has 1 aliphatic rings. The van der Waals surface area contributed by atoms with Gasteiger partial charge in [0.2, 0.25) is 11.0 Å². The van der Waals surface area contributed by atoms with Gasteiger partial charge < -0.3 is 15.1 Å². The molecule has 0 atom stereocenters. The summed E-state index contributed by atoms with van der Waals surface area (Å²) in [5, 5.41) is 12.9. The van der Waals surface area contributed by atoms with Crippen molar-refractivity contribution in [2.75, 3.05) is 44.7 Å². The minimum absolute atomic E-state index is 0.154. The van der Waals surface area contributed by atoms with Gasteiger partial charge in [-0.25, -0.2) is 0 Å². The zero-order valence-corrected chi connectivity index (χ0v) is 11.0. The molecule has 0 unspecified atom stereocenters. The van der Waals surface area contributed by atoms with E-state index in [2.05, 4.69) is 15.5 Å². The van der Waals surface area contributed by atoms with Gasteiger partial charge in [-0.05, 0) is 6.92 Å². The molecule has 1 N–H and O–H groups in total. The third-order valence-electron chi connectivity index (χ3n) is 2.68. The summed E-state index contributed by atoms with van der Waals surface area (Å²) in [7, 11) is 1.88. The fraction of sp³-hybridized carbons (Fsp3) is 0.700. The maximum atomic E-state index is 12.0. The number of hydrogen-bond acceptors (Lipinski definition) is 6. The van der Waals surface area contributed by atoms with E-state index in [9.17, 15) is 4.79 Å². The molecule has 1 saturated heterocycles. The number of nitrogens with one attached hydrogen (secondary N) is 1. The molecule has 1 amide bonds. The van der Waals surface area contributed by atoms with Crippen molar-refractivity contribution in [1.82, 2.24) is 20.4 Å². The zero-order valence-electron chi connectivity index (χ0n) is 10.1. The lowest BCUT2D eigenvalue weighted by Gasteiger charge is -2.29. The van der Waals surface area contributed by atoms with Crippen molar-refractivity contribution < 1.29 is 4.79 Å². The Labute approximate surface area is 105 Å². The highest BCUT2D eigenvalue weighted by atomic mass is 32.1. The zero-order chi connectivity index (χ0) is 12.3. The molecule has 0 saturated carbocycles. The molecule has 0 aliphatic carbocycles. The molecule has 2 heterocycles. The monoisotopic (exact) mass is 255 g/mol. The molecule has 0 aromatic carbocycles. The normalized spacial score (nSPS) is 16.0. The van der Waals surface area contributed by atoms with Crippen LogP contribution in [0, 0.1) is 6.92 Å². The Morgan fingerprint density at radius 1 is 1.47 bits per heavy atom. The van der Waals surface area contributed by atoms with E-state index in [0.29, 0.717) is 6.54 Å². The van der Waals surface area contributed by atoms with Gasteiger partial charge >= 0.3 is 0 Å². The number of amides is 1. The first-order chi connectivity index (χ1) is 8.16. The first kappa shape index (κ1) is 12.3. The number of rotatable bonds is 3. The second-order valence-electron chi connectivity index (χ2n) is 4.09. The van der Waals surface area contributed by atoms with Crippen LogP contribution in [0.1, 0.15) is 5.01 Å². The molecular weight excluding hydrogens is 238 g/mol. The topological polar surface area (TPSA) is 61.4 Å². The van der Waals surface area contributed by atoms with E-state index in [-0.39, 0.29) is 5.91 Å². The molecule has 7 heteroatoms. The van der Waals surface area contributed by atoms with Crippen LogP contribution in [-0.2, 0) is 4.79 Å². The van der Waals surface area contributed by atoms with Crippen molar-refractivity contribution in [1.29, 1.82) is 0 Å². The SMILES string of the molecule is Cc1nnc(N(C)CC(=O)N2CCNCC2)s1. The standard InChI is InChI=1S/C10H17N5OS/c1-8-12-13-10(17-8)14(2)7-9(16)15-5-3-11-4-6-15/h11H,3-7H2,1-2H3. The van der Waals surface area contributed by atoms with Gasteiger partial charge in [0.1, 0.15) is 5.01 Å². The van der Waals surface area contributed by atoms with Crippen LogP contribution in [0.25, 0.3) is 0 Å². The molecule has 94 valence electrons. The Balaban J connectivity index is 1.89. The quantitative estimate of drug-likeness (QED) is 0.804. The second kappa shape index (κ2) is 5.42. The van der Waals surface area contributed by atoms with E-state index in [4.69, 9.17) is 0 Å². The highest BCUT2D eigenvalue weighted by Gasteiger charge is 2.18. The van der Waals surface area contributed by atoms with Gasteiger partial charge in [-0.2, -0.15) is 0 Å². The number of likely N-dealkylation sites (N-methyl/N-ethyl adjacent to an activating group) is 1. The Morgan fingerprint density at radius 3 is 2.76 bits per heavy atom. The molecular formula is C10H17N5OS. The predicted octanol–water partition coefficient (Wildman–Crippen LogP) is -0.285. The van der Waals surface area contributed by atoms with Crippen molar-refractivity contribution in [3.05, 3.63) is 5.01 Å². The van der Waals surface area contributed by atoms with Crippen molar-refractivity contribution in [3.8, 4) is 0 Å². The van der Waals surface area contributed by atoms with Gasteiger partial charge in [0.05, 0.1) is 6.54 Å². The van der Waals surface area contributed by atoms with Crippen molar-refractivity contribution in [2.45, 2.75) is 6.92 Å². The Kier molecular flexibility index (Phi) is 3.90. The first-order valence-electron chi connectivity index (χ1n) is 5.66. The van der Waals surface area contributed by atoms with Crippen LogP contribution < -0.4 is 10.2 Å². The number of aromatic nitrogens is 2. The molecule has 0 spiro atoms. The molecule has 2 rings (SSSR count). The lowest BCUT2D eigenvalue weighted by Crippen LogP contribution is -2.49. The smallest absolute Gasteiger partial charge is 0.242 e. The van der Waals surface area contributed by atoms with E-state index >= 15 is 0 Å². The largest absolute Gasteiger partial charge is 0.340 e. The fourth-order valence-corrected chi connectivity index (χ4v) is 2.37. The van der Waals surface area contributed by atoms with Crippen molar-refractivity contribution in [2.24, 2.45) is 0 Å². The summed E-state index contributed by atoms with van der Waals surface area (Å²) in [5.74, 6) is 0.154. The average Bonchev–Trinajstić information content (AvgIpc) is 2.77. The average molecular weight is 255 g/mol. The number of carbonyl (C=O) groups excluding carboxylic acids is 1. The Hall–Kier alpha value is -1.21. The second-order valence-corrected chi connectivity index (χ2v) is 5.25. The van der Waals surface area contributed by atoms with Crippen molar-refractivity contribution >= 4 is 22.4 Å². The van der Waals surface area contributed by atoms with Crippen LogP contribution in [0.15, 0.2) is 0 Å². The number of anilines is 1. The van der Waals surface area contributed by atoms with Gasteiger partial charge in [-0.1, -0.05) is 11.3 Å². The van der Waals surface area contributed by atoms with E-state index in [1.807, 2.05) is 23.8 Å². The summed E-state index contributed by atoms with van der Waals surface area (Å²) in [6.45, 7) is 5.63. The number of hydrogen-bond donors (Lipinski definition) is 1. The van der Waals surface area contributed by atoms with E-state index in [1.165, 1.54) is 11.3 Å². The highest BCUT2D eigenvalue weighted by Crippen LogP contribution is 2.17. The number of carbonyl (C=O) groups is 1. The van der Waals surface area contributed by atoms with Gasteiger partial charge in [0.15, 0.2) is 0 Å². The van der Waals surface area contributed by atoms with Crippen LogP contribution in [-0.4, -0.2) is 60.8 Å². The van der Waals surface area contributed by atoms with Crippen LogP contribution in [0.3, 0.4) is 0 Å². The van der Waals surface area contributed by atoms with Crippen LogP contribution in [0.5, 0.6) is 0 Å². The minimum atomic E-state index is 0.154. The fourth-order valence-electron chi connectivity index (χ4n) is 1.73. The summed E-state index contributed by atoms with van der Waals surface area (Å²) in [4.78, 5) is 15.7. The van der Waals surface area contributed by atoms with Crippen LogP contribution in [0.4, 0.5) is 5.13 Å². The first-order valence-corrected chi connectivity index (χ1v) is 6.48. The van der Waals surface area contributed by atoms with Crippen LogP contribution >= 0.6 is 11.3 Å². The maximum Gasteiger partial charge on any atom is 0.242 e. The number of piperazine rings is 1. The van der Waals surface area contributed by atoms with Gasteiger partial charge in [0, 0.05) is 33.2 Å². The summed E-state index contributed by atoms with van der Waals surface area (Å²) in [5.41, 5.74) is 0. The van der Waals surface area contributed by atoms with E-state index in [1.54, 1.807) is 0 Å². The molecule has 6 nitrogen and oxygen atoms in total. The summed E-state index contributed by atoms with van der Waals surface area (Å²) < 4.78 is 0. The molecule has 0 bridgehead atoms. The highest BCUT2D eigenvalue weighted by molar-refractivity contribution is 7.15. The summed E-state index contributed by atoms with van der Waals surface area (Å²) in [6.07, 6.45) is 0. The Morgan fingerprint density at radius 2 is 2.18 bits per heavy atom. The van der Waals surface area contributed by atoms with Crippen molar-refractivity contribution in [3.63, 3.8) is 0 Å².